The van der Waals surface area contributed by atoms with Crippen LogP contribution in [0.2, 0.25) is 0 Å². The summed E-state index contributed by atoms with van der Waals surface area (Å²) in [7, 11) is 0. The molecule has 246 valence electrons. The Morgan fingerprint density at radius 2 is 0.878 bits per heavy atom. The second-order valence-corrected chi connectivity index (χ2v) is 17.7. The second kappa shape index (κ2) is 12.8. The van der Waals surface area contributed by atoms with Crippen LogP contribution >= 0.6 is 57.1 Å². The van der Waals surface area contributed by atoms with Gasteiger partial charge in [0, 0.05) is 61.2 Å². The van der Waals surface area contributed by atoms with Crippen LogP contribution in [0.1, 0.15) is 75.6 Å². The van der Waals surface area contributed by atoms with Crippen molar-refractivity contribution in [3.05, 3.63) is 81.5 Å². The minimum atomic E-state index is 1.04. The standard InChI is InChI=1S/C42H38N2S5/c1-5-11-25-27(13-7-3)41-31(29-17-19-45-39(25)29)21-33(47-41)35-23-15-9-10-16-24(23)36(38-37(35)43-49-44-38)34-22-32-30-18-20-46-40(30)26(12-6-2)28(14-8-4)42(32)48-34/h9-10,15-22H,5-8,11-14H2,1-4H3. The predicted octanol–water partition coefficient (Wildman–Crippen LogP) is 14.8. The van der Waals surface area contributed by atoms with E-state index in [9.17, 15) is 0 Å². The van der Waals surface area contributed by atoms with Gasteiger partial charge >= 0.3 is 0 Å². The second-order valence-electron chi connectivity index (χ2n) is 13.2. The monoisotopic (exact) mass is 730 g/mol. The molecule has 0 atom stereocenters. The molecule has 0 aliphatic rings. The lowest BCUT2D eigenvalue weighted by molar-refractivity contribution is 0.877. The summed E-state index contributed by atoms with van der Waals surface area (Å²) in [6.45, 7) is 9.26. The van der Waals surface area contributed by atoms with Gasteiger partial charge in [0.1, 0.15) is 11.0 Å². The molecule has 0 aliphatic heterocycles. The van der Waals surface area contributed by atoms with E-state index in [-0.39, 0.29) is 0 Å². The summed E-state index contributed by atoms with van der Waals surface area (Å²) in [6.07, 6.45) is 9.16. The third-order valence-corrected chi connectivity index (χ3v) is 15.0. The van der Waals surface area contributed by atoms with E-state index in [0.717, 1.165) is 49.6 Å². The molecular formula is C42H38N2S5. The van der Waals surface area contributed by atoms with Crippen molar-refractivity contribution in [2.75, 3.05) is 0 Å². The van der Waals surface area contributed by atoms with Gasteiger partial charge in [0.15, 0.2) is 0 Å². The summed E-state index contributed by atoms with van der Waals surface area (Å²) in [6, 6.07) is 18.7. The number of thiophene rings is 4. The molecule has 49 heavy (non-hydrogen) atoms. The number of aromatic nitrogens is 2. The van der Waals surface area contributed by atoms with E-state index in [2.05, 4.69) is 87.0 Å². The summed E-state index contributed by atoms with van der Waals surface area (Å²) < 4.78 is 16.1. The van der Waals surface area contributed by atoms with Crippen LogP contribution in [-0.4, -0.2) is 8.75 Å². The molecule has 9 rings (SSSR count). The lowest BCUT2D eigenvalue weighted by Gasteiger charge is -2.12. The number of aryl methyl sites for hydroxylation is 4. The first-order valence-corrected chi connectivity index (χ1v) is 21.8. The first kappa shape index (κ1) is 31.8. The van der Waals surface area contributed by atoms with Gasteiger partial charge in [-0.2, -0.15) is 8.75 Å². The molecule has 2 nitrogen and oxygen atoms in total. The van der Waals surface area contributed by atoms with Crippen LogP contribution in [0.15, 0.2) is 59.3 Å². The van der Waals surface area contributed by atoms with E-state index in [4.69, 9.17) is 8.75 Å². The van der Waals surface area contributed by atoms with E-state index in [0.29, 0.717) is 0 Å². The van der Waals surface area contributed by atoms with Gasteiger partial charge in [-0.25, -0.2) is 0 Å². The van der Waals surface area contributed by atoms with E-state index in [1.165, 1.54) is 96.6 Å². The van der Waals surface area contributed by atoms with E-state index in [1.54, 1.807) is 22.3 Å². The lowest BCUT2D eigenvalue weighted by atomic mass is 9.93. The molecule has 0 saturated carbocycles. The molecule has 0 bridgehead atoms. The van der Waals surface area contributed by atoms with Gasteiger partial charge in [-0.05, 0) is 93.7 Å². The molecule has 5 heterocycles. The fourth-order valence-corrected chi connectivity index (χ4v) is 13.4. The number of fused-ring (bicyclic) bond motifs is 8. The Kier molecular flexibility index (Phi) is 8.32. The highest BCUT2D eigenvalue weighted by Crippen LogP contribution is 2.51. The third-order valence-electron chi connectivity index (χ3n) is 10.1. The highest BCUT2D eigenvalue weighted by Gasteiger charge is 2.25. The molecule has 0 saturated heterocycles. The van der Waals surface area contributed by atoms with Crippen molar-refractivity contribution in [2.45, 2.75) is 79.1 Å². The molecule has 0 N–H and O–H groups in total. The quantitative estimate of drug-likeness (QED) is 0.140. The Balaban J connectivity index is 1.34. The average molecular weight is 731 g/mol. The fourth-order valence-electron chi connectivity index (χ4n) is 8.18. The van der Waals surface area contributed by atoms with Gasteiger partial charge in [0.25, 0.3) is 0 Å². The molecule has 0 unspecified atom stereocenters. The zero-order valence-electron chi connectivity index (χ0n) is 28.4. The van der Waals surface area contributed by atoms with Gasteiger partial charge in [0.2, 0.25) is 0 Å². The van der Waals surface area contributed by atoms with Crippen LogP contribution in [0.5, 0.6) is 0 Å². The van der Waals surface area contributed by atoms with Crippen LogP contribution in [0.4, 0.5) is 0 Å². The highest BCUT2D eigenvalue weighted by atomic mass is 32.1. The van der Waals surface area contributed by atoms with Crippen LogP contribution in [0.25, 0.3) is 83.0 Å². The Morgan fingerprint density at radius 1 is 0.469 bits per heavy atom. The lowest BCUT2D eigenvalue weighted by Crippen LogP contribution is -1.95. The number of nitrogens with zero attached hydrogens (tertiary/aromatic N) is 2. The minimum absolute atomic E-state index is 1.04. The Morgan fingerprint density at radius 3 is 1.29 bits per heavy atom. The maximum absolute atomic E-state index is 5.09. The topological polar surface area (TPSA) is 25.8 Å². The number of benzene rings is 4. The van der Waals surface area contributed by atoms with Gasteiger partial charge in [-0.3, -0.25) is 0 Å². The molecule has 5 aromatic heterocycles. The average Bonchev–Trinajstić information content (AvgIpc) is 3.95. The van der Waals surface area contributed by atoms with Crippen molar-refractivity contribution >= 4 is 119 Å². The van der Waals surface area contributed by atoms with Crippen LogP contribution in [-0.2, 0) is 25.7 Å². The van der Waals surface area contributed by atoms with E-state index in [1.807, 2.05) is 45.3 Å². The first-order chi connectivity index (χ1) is 24.2. The summed E-state index contributed by atoms with van der Waals surface area (Å²) >= 11 is 9.14. The number of rotatable bonds is 10. The summed E-state index contributed by atoms with van der Waals surface area (Å²) in [5.41, 5.74) is 10.8. The summed E-state index contributed by atoms with van der Waals surface area (Å²) in [4.78, 5) is 2.61. The minimum Gasteiger partial charge on any atom is -0.172 e. The zero-order valence-corrected chi connectivity index (χ0v) is 32.4. The Labute approximate surface area is 307 Å². The molecule has 0 amide bonds. The molecule has 0 radical (unpaired) electrons. The maximum Gasteiger partial charge on any atom is 0.114 e. The third kappa shape index (κ3) is 4.87. The van der Waals surface area contributed by atoms with Crippen molar-refractivity contribution in [3.63, 3.8) is 0 Å². The van der Waals surface area contributed by atoms with Crippen molar-refractivity contribution in [2.24, 2.45) is 0 Å². The molecule has 9 aromatic rings. The number of hydrogen-bond acceptors (Lipinski definition) is 7. The van der Waals surface area contributed by atoms with E-state index >= 15 is 0 Å². The fraction of sp³-hybridized carbons (Fsp3) is 0.286. The van der Waals surface area contributed by atoms with Crippen molar-refractivity contribution in [3.8, 4) is 20.9 Å². The SMILES string of the molecule is CCCc1c(CCC)c2sc(-c3c4ccccc4c(-c4cc5c(s4)c(CCC)c(CCC)c4sccc45)c4nsnc34)cc2c2ccsc12. The highest BCUT2D eigenvalue weighted by molar-refractivity contribution is 7.24. The Bertz CT molecular complexity index is 2490. The van der Waals surface area contributed by atoms with E-state index < -0.39 is 0 Å². The Hall–Kier alpha value is -3.20. The maximum atomic E-state index is 5.09. The first-order valence-electron chi connectivity index (χ1n) is 17.7. The van der Waals surface area contributed by atoms with Gasteiger partial charge < -0.3 is 0 Å². The largest absolute Gasteiger partial charge is 0.172 e. The van der Waals surface area contributed by atoms with Crippen molar-refractivity contribution in [1.82, 2.24) is 8.75 Å². The number of hydrogen-bond donors (Lipinski definition) is 0. The van der Waals surface area contributed by atoms with Crippen LogP contribution in [0.3, 0.4) is 0 Å². The predicted molar refractivity (Wildman–Crippen MR) is 223 cm³/mol. The van der Waals surface area contributed by atoms with Crippen LogP contribution < -0.4 is 0 Å². The smallest absolute Gasteiger partial charge is 0.114 e. The van der Waals surface area contributed by atoms with Gasteiger partial charge in [-0.15, -0.1) is 45.3 Å². The molecule has 4 aromatic carbocycles. The molecule has 0 fully saturated rings. The van der Waals surface area contributed by atoms with Gasteiger partial charge in [-0.1, -0.05) is 77.6 Å². The normalized spacial score (nSPS) is 12.3. The van der Waals surface area contributed by atoms with Gasteiger partial charge in [0.05, 0.1) is 11.7 Å². The molecule has 7 heteroatoms. The zero-order chi connectivity index (χ0) is 33.2. The summed E-state index contributed by atoms with van der Waals surface area (Å²) in [5.74, 6) is 0. The molecular weight excluding hydrogens is 693 g/mol. The molecule has 0 spiro atoms. The molecule has 0 aliphatic carbocycles. The van der Waals surface area contributed by atoms with Crippen molar-refractivity contribution in [1.29, 1.82) is 0 Å². The van der Waals surface area contributed by atoms with Crippen molar-refractivity contribution < 1.29 is 0 Å². The summed E-state index contributed by atoms with van der Waals surface area (Å²) in [5, 5.41) is 12.7. The van der Waals surface area contributed by atoms with Crippen LogP contribution in [0, 0.1) is 0 Å².